The van der Waals surface area contributed by atoms with Gasteiger partial charge in [-0.1, -0.05) is 25.5 Å². The Morgan fingerprint density at radius 1 is 1.29 bits per heavy atom. The van der Waals surface area contributed by atoms with Gasteiger partial charge < -0.3 is 4.74 Å². The quantitative estimate of drug-likeness (QED) is 0.747. The van der Waals surface area contributed by atoms with Crippen LogP contribution in [-0.4, -0.2) is 6.10 Å². The van der Waals surface area contributed by atoms with Crippen molar-refractivity contribution in [2.24, 2.45) is 0 Å². The van der Waals surface area contributed by atoms with E-state index in [0.29, 0.717) is 6.10 Å². The van der Waals surface area contributed by atoms with Crippen molar-refractivity contribution in [3.05, 3.63) is 33.4 Å². The average Bonchev–Trinajstić information content (AvgIpc) is 2.17. The third-order valence-electron chi connectivity index (χ3n) is 2.14. The molecule has 0 fully saturated rings. The van der Waals surface area contributed by atoms with E-state index in [1.165, 1.54) is 15.6 Å². The maximum Gasteiger partial charge on any atom is 0.0720 e. The molecular weight excluding hydrogens is 287 g/mol. The predicted octanol–water partition coefficient (Wildman–Crippen LogP) is 4.00. The van der Waals surface area contributed by atoms with E-state index in [2.05, 4.69) is 60.7 Å². The fraction of sp³-hybridized carbons (Fsp3) is 0.500. The minimum atomic E-state index is 0.374. The minimum Gasteiger partial charge on any atom is -0.374 e. The van der Waals surface area contributed by atoms with Gasteiger partial charge in [0.15, 0.2) is 0 Å². The lowest BCUT2D eigenvalue weighted by atomic mass is 10.2. The molecule has 0 aliphatic carbocycles. The van der Waals surface area contributed by atoms with Crippen molar-refractivity contribution in [3.8, 4) is 0 Å². The Bertz CT molecular complexity index is 256. The van der Waals surface area contributed by atoms with Crippen LogP contribution in [0, 0.1) is 3.57 Å². The average molecular weight is 304 g/mol. The second kappa shape index (κ2) is 6.40. The largest absolute Gasteiger partial charge is 0.374 e. The summed E-state index contributed by atoms with van der Waals surface area (Å²) in [6, 6.07) is 8.48. The maximum atomic E-state index is 5.71. The van der Waals surface area contributed by atoms with Crippen molar-refractivity contribution in [1.29, 1.82) is 0 Å². The van der Waals surface area contributed by atoms with Gasteiger partial charge in [-0.05, 0) is 53.6 Å². The molecule has 0 N–H and O–H groups in total. The van der Waals surface area contributed by atoms with Crippen molar-refractivity contribution >= 4 is 22.6 Å². The molecule has 0 heterocycles. The summed E-state index contributed by atoms with van der Waals surface area (Å²) in [5.41, 5.74) is 1.26. The van der Waals surface area contributed by atoms with Crippen LogP contribution in [0.2, 0.25) is 0 Å². The Labute approximate surface area is 100.0 Å². The molecule has 1 aromatic rings. The van der Waals surface area contributed by atoms with E-state index in [0.717, 1.165) is 13.0 Å². The molecule has 0 amide bonds. The number of ether oxygens (including phenoxy) is 1. The SMILES string of the molecule is CCCC(C)OCc1ccc(I)cc1. The molecule has 0 spiro atoms. The Morgan fingerprint density at radius 3 is 2.50 bits per heavy atom. The number of rotatable bonds is 5. The normalized spacial score (nSPS) is 12.8. The molecule has 0 aromatic heterocycles. The molecule has 0 saturated carbocycles. The van der Waals surface area contributed by atoms with Gasteiger partial charge in [0.05, 0.1) is 12.7 Å². The molecule has 0 bridgehead atoms. The number of hydrogen-bond acceptors (Lipinski definition) is 1. The Morgan fingerprint density at radius 2 is 1.93 bits per heavy atom. The first-order chi connectivity index (χ1) is 6.72. The van der Waals surface area contributed by atoms with Crippen molar-refractivity contribution in [1.82, 2.24) is 0 Å². The summed E-state index contributed by atoms with van der Waals surface area (Å²) < 4.78 is 6.98. The van der Waals surface area contributed by atoms with E-state index in [-0.39, 0.29) is 0 Å². The fourth-order valence-electron chi connectivity index (χ4n) is 1.31. The zero-order chi connectivity index (χ0) is 10.4. The number of hydrogen-bond donors (Lipinski definition) is 0. The van der Waals surface area contributed by atoms with Crippen LogP contribution in [0.25, 0.3) is 0 Å². The Hall–Kier alpha value is -0.0900. The summed E-state index contributed by atoms with van der Waals surface area (Å²) in [6.07, 6.45) is 2.71. The van der Waals surface area contributed by atoms with E-state index in [9.17, 15) is 0 Å². The summed E-state index contributed by atoms with van der Waals surface area (Å²) in [7, 11) is 0. The first-order valence-electron chi connectivity index (χ1n) is 5.08. The summed E-state index contributed by atoms with van der Waals surface area (Å²) >= 11 is 2.31. The first kappa shape index (κ1) is 12.0. The van der Waals surface area contributed by atoms with E-state index in [1.807, 2.05) is 0 Å². The van der Waals surface area contributed by atoms with E-state index >= 15 is 0 Å². The lowest BCUT2D eigenvalue weighted by molar-refractivity contribution is 0.0472. The van der Waals surface area contributed by atoms with Crippen LogP contribution in [0.5, 0.6) is 0 Å². The van der Waals surface area contributed by atoms with E-state index in [4.69, 9.17) is 4.74 Å². The molecule has 1 unspecified atom stereocenters. The molecular formula is C12H17IO. The van der Waals surface area contributed by atoms with Crippen LogP contribution >= 0.6 is 22.6 Å². The van der Waals surface area contributed by atoms with Crippen molar-refractivity contribution in [3.63, 3.8) is 0 Å². The number of halogens is 1. The van der Waals surface area contributed by atoms with Gasteiger partial charge in [0, 0.05) is 3.57 Å². The van der Waals surface area contributed by atoms with Crippen LogP contribution in [0.15, 0.2) is 24.3 Å². The van der Waals surface area contributed by atoms with Gasteiger partial charge in [0.1, 0.15) is 0 Å². The molecule has 0 aliphatic rings. The molecule has 78 valence electrons. The highest BCUT2D eigenvalue weighted by molar-refractivity contribution is 14.1. The second-order valence-corrected chi connectivity index (χ2v) is 4.78. The zero-order valence-electron chi connectivity index (χ0n) is 8.79. The minimum absolute atomic E-state index is 0.374. The van der Waals surface area contributed by atoms with Gasteiger partial charge in [-0.15, -0.1) is 0 Å². The molecule has 1 atom stereocenters. The highest BCUT2D eigenvalue weighted by atomic mass is 127. The molecule has 1 aromatic carbocycles. The van der Waals surface area contributed by atoms with Crippen molar-refractivity contribution < 1.29 is 4.74 Å². The third kappa shape index (κ3) is 4.42. The zero-order valence-corrected chi connectivity index (χ0v) is 11.0. The molecule has 14 heavy (non-hydrogen) atoms. The molecule has 0 saturated heterocycles. The van der Waals surface area contributed by atoms with Crippen molar-refractivity contribution in [2.45, 2.75) is 39.4 Å². The molecule has 1 nitrogen and oxygen atoms in total. The molecule has 0 radical (unpaired) electrons. The lowest BCUT2D eigenvalue weighted by Gasteiger charge is -2.11. The topological polar surface area (TPSA) is 9.23 Å². The van der Waals surface area contributed by atoms with Gasteiger partial charge in [0.25, 0.3) is 0 Å². The predicted molar refractivity (Wildman–Crippen MR) is 68.3 cm³/mol. The second-order valence-electron chi connectivity index (χ2n) is 3.54. The van der Waals surface area contributed by atoms with Crippen molar-refractivity contribution in [2.75, 3.05) is 0 Å². The van der Waals surface area contributed by atoms with Gasteiger partial charge in [0.2, 0.25) is 0 Å². The van der Waals surface area contributed by atoms with Crippen LogP contribution in [0.1, 0.15) is 32.3 Å². The highest BCUT2D eigenvalue weighted by Gasteiger charge is 2.00. The van der Waals surface area contributed by atoms with Crippen LogP contribution < -0.4 is 0 Å². The molecule has 1 rings (SSSR count). The smallest absolute Gasteiger partial charge is 0.0720 e. The Kier molecular flexibility index (Phi) is 5.48. The summed E-state index contributed by atoms with van der Waals surface area (Å²) in [4.78, 5) is 0. The first-order valence-corrected chi connectivity index (χ1v) is 6.16. The third-order valence-corrected chi connectivity index (χ3v) is 2.86. The maximum absolute atomic E-state index is 5.71. The van der Waals surface area contributed by atoms with Crippen LogP contribution in [0.4, 0.5) is 0 Å². The standard InChI is InChI=1S/C12H17IO/c1-3-4-10(2)14-9-11-5-7-12(13)8-6-11/h5-8,10H,3-4,9H2,1-2H3. The summed E-state index contributed by atoms with van der Waals surface area (Å²) in [5, 5.41) is 0. The van der Waals surface area contributed by atoms with Crippen LogP contribution in [-0.2, 0) is 11.3 Å². The fourth-order valence-corrected chi connectivity index (χ4v) is 1.67. The van der Waals surface area contributed by atoms with Gasteiger partial charge >= 0.3 is 0 Å². The number of benzene rings is 1. The van der Waals surface area contributed by atoms with Gasteiger partial charge in [-0.3, -0.25) is 0 Å². The monoisotopic (exact) mass is 304 g/mol. The highest BCUT2D eigenvalue weighted by Crippen LogP contribution is 2.10. The Balaban J connectivity index is 2.34. The lowest BCUT2D eigenvalue weighted by Crippen LogP contribution is -2.07. The van der Waals surface area contributed by atoms with Gasteiger partial charge in [-0.2, -0.15) is 0 Å². The summed E-state index contributed by atoms with van der Waals surface area (Å²) in [6.45, 7) is 5.05. The van der Waals surface area contributed by atoms with Gasteiger partial charge in [-0.25, -0.2) is 0 Å². The summed E-state index contributed by atoms with van der Waals surface area (Å²) in [5.74, 6) is 0. The van der Waals surface area contributed by atoms with E-state index in [1.54, 1.807) is 0 Å². The van der Waals surface area contributed by atoms with E-state index < -0.39 is 0 Å². The van der Waals surface area contributed by atoms with Crippen LogP contribution in [0.3, 0.4) is 0 Å². The molecule has 2 heteroatoms. The molecule has 0 aliphatic heterocycles.